The Morgan fingerprint density at radius 2 is 1.21 bits per heavy atom. The highest BCUT2D eigenvalue weighted by Gasteiger charge is 2.10. The summed E-state index contributed by atoms with van der Waals surface area (Å²) < 4.78 is 0. The summed E-state index contributed by atoms with van der Waals surface area (Å²) in [6.45, 7) is 4.51. The average Bonchev–Trinajstić information content (AvgIpc) is 2.59. The van der Waals surface area contributed by atoms with Crippen LogP contribution in [0.15, 0.2) is 12.1 Å². The monoisotopic (exact) mass is 333 g/mol. The Bertz CT molecular complexity index is 442. The largest absolute Gasteiger partial charge is 0.506 e. The van der Waals surface area contributed by atoms with Crippen molar-refractivity contribution in [1.29, 1.82) is 0 Å². The van der Waals surface area contributed by atoms with Crippen molar-refractivity contribution in [2.24, 2.45) is 0 Å². The molecule has 0 unspecified atom stereocenters. The van der Waals surface area contributed by atoms with Gasteiger partial charge >= 0.3 is 0 Å². The highest BCUT2D eigenvalue weighted by Crippen LogP contribution is 2.30. The second-order valence-electron chi connectivity index (χ2n) is 7.17. The van der Waals surface area contributed by atoms with Gasteiger partial charge < -0.3 is 10.8 Å². The first kappa shape index (κ1) is 20.9. The van der Waals surface area contributed by atoms with Crippen LogP contribution in [0.25, 0.3) is 0 Å². The summed E-state index contributed by atoms with van der Waals surface area (Å²) in [5.74, 6) is 0.252. The predicted octanol–water partition coefficient (Wildman–Crippen LogP) is 6.78. The van der Waals surface area contributed by atoms with E-state index in [1.807, 2.05) is 0 Å². The molecule has 0 amide bonds. The molecule has 0 heterocycles. The number of phenols is 1. The fourth-order valence-electron chi connectivity index (χ4n) is 3.40. The van der Waals surface area contributed by atoms with E-state index in [0.717, 1.165) is 12.8 Å². The van der Waals surface area contributed by atoms with Crippen molar-refractivity contribution in [3.63, 3.8) is 0 Å². The van der Waals surface area contributed by atoms with Crippen LogP contribution in [0.1, 0.15) is 102 Å². The molecule has 138 valence electrons. The van der Waals surface area contributed by atoms with E-state index in [9.17, 15) is 5.11 Å². The van der Waals surface area contributed by atoms with Gasteiger partial charge in [-0.25, -0.2) is 0 Å². The lowest BCUT2D eigenvalue weighted by molar-refractivity contribution is 0.476. The summed E-state index contributed by atoms with van der Waals surface area (Å²) in [4.78, 5) is 0. The molecule has 24 heavy (non-hydrogen) atoms. The first-order chi connectivity index (χ1) is 11.7. The Morgan fingerprint density at radius 1 is 0.708 bits per heavy atom. The number of aromatic hydroxyl groups is 1. The third-order valence-electron chi connectivity index (χ3n) is 5.01. The van der Waals surface area contributed by atoms with Crippen LogP contribution in [0.3, 0.4) is 0 Å². The van der Waals surface area contributed by atoms with Gasteiger partial charge in [-0.05, 0) is 42.9 Å². The number of benzene rings is 1. The maximum absolute atomic E-state index is 9.94. The third kappa shape index (κ3) is 8.08. The first-order valence-corrected chi connectivity index (χ1v) is 10.3. The summed E-state index contributed by atoms with van der Waals surface area (Å²) in [6.07, 6.45) is 17.8. The number of hydrogen-bond donors (Lipinski definition) is 2. The minimum absolute atomic E-state index is 0.252. The normalized spacial score (nSPS) is 11.1. The van der Waals surface area contributed by atoms with E-state index < -0.39 is 0 Å². The number of rotatable bonds is 14. The lowest BCUT2D eigenvalue weighted by Gasteiger charge is -2.14. The van der Waals surface area contributed by atoms with Crippen molar-refractivity contribution < 1.29 is 5.11 Å². The molecule has 1 aromatic carbocycles. The molecule has 3 N–H and O–H groups in total. The number of nitrogen functional groups attached to an aromatic ring is 1. The first-order valence-electron chi connectivity index (χ1n) is 10.3. The molecule has 0 aliphatic carbocycles. The second-order valence-corrected chi connectivity index (χ2v) is 7.17. The predicted molar refractivity (Wildman–Crippen MR) is 107 cm³/mol. The molecule has 2 heteroatoms. The maximum atomic E-state index is 9.94. The third-order valence-corrected chi connectivity index (χ3v) is 5.01. The van der Waals surface area contributed by atoms with Crippen LogP contribution in [0.2, 0.25) is 0 Å². The Kier molecular flexibility index (Phi) is 11.4. The molecular weight excluding hydrogens is 294 g/mol. The van der Waals surface area contributed by atoms with E-state index in [-0.39, 0.29) is 5.75 Å². The fraction of sp³-hybridized carbons (Fsp3) is 0.727. The van der Waals surface area contributed by atoms with Crippen LogP contribution in [0.5, 0.6) is 5.75 Å². The van der Waals surface area contributed by atoms with E-state index in [1.54, 1.807) is 6.07 Å². The zero-order valence-corrected chi connectivity index (χ0v) is 16.1. The lowest BCUT2D eigenvalue weighted by Crippen LogP contribution is -2.02. The molecule has 0 atom stereocenters. The van der Waals surface area contributed by atoms with Crippen molar-refractivity contribution in [2.75, 3.05) is 5.73 Å². The number of unbranched alkanes of at least 4 members (excludes halogenated alkanes) is 10. The SMILES string of the molecule is CCCCCCCCc1ccc(O)c(N)c1CCCCCCCC. The minimum Gasteiger partial charge on any atom is -0.506 e. The van der Waals surface area contributed by atoms with Gasteiger partial charge in [-0.2, -0.15) is 0 Å². The van der Waals surface area contributed by atoms with E-state index in [0.29, 0.717) is 5.69 Å². The van der Waals surface area contributed by atoms with Crippen LogP contribution in [-0.2, 0) is 12.8 Å². The molecular formula is C22H39NO. The number of aryl methyl sites for hydroxylation is 1. The Labute approximate surface area is 149 Å². The minimum atomic E-state index is 0.252. The van der Waals surface area contributed by atoms with Crippen LogP contribution in [-0.4, -0.2) is 5.11 Å². The molecule has 1 rings (SSSR count). The molecule has 0 bridgehead atoms. The molecule has 0 aliphatic rings. The maximum Gasteiger partial charge on any atom is 0.138 e. The van der Waals surface area contributed by atoms with Gasteiger partial charge in [0, 0.05) is 0 Å². The quantitative estimate of drug-likeness (QED) is 0.224. The van der Waals surface area contributed by atoms with Crippen molar-refractivity contribution in [1.82, 2.24) is 0 Å². The van der Waals surface area contributed by atoms with Crippen LogP contribution in [0.4, 0.5) is 5.69 Å². The standard InChI is InChI=1S/C22H39NO/c1-3-5-7-9-11-13-15-19-17-18-21(24)22(23)20(19)16-14-12-10-8-6-4-2/h17-18,24H,3-16,23H2,1-2H3. The van der Waals surface area contributed by atoms with Crippen molar-refractivity contribution in [2.45, 2.75) is 104 Å². The van der Waals surface area contributed by atoms with Crippen molar-refractivity contribution in [3.8, 4) is 5.75 Å². The molecule has 1 aromatic rings. The van der Waals surface area contributed by atoms with Crippen LogP contribution < -0.4 is 5.73 Å². The smallest absolute Gasteiger partial charge is 0.138 e. The zero-order valence-electron chi connectivity index (χ0n) is 16.1. The summed E-state index contributed by atoms with van der Waals surface area (Å²) in [5, 5.41) is 9.94. The van der Waals surface area contributed by atoms with Gasteiger partial charge in [0.05, 0.1) is 5.69 Å². The van der Waals surface area contributed by atoms with E-state index in [1.165, 1.54) is 88.2 Å². The Morgan fingerprint density at radius 3 is 1.79 bits per heavy atom. The molecule has 0 aromatic heterocycles. The lowest BCUT2D eigenvalue weighted by atomic mass is 9.94. The van der Waals surface area contributed by atoms with Gasteiger partial charge in [0.15, 0.2) is 0 Å². The highest BCUT2D eigenvalue weighted by molar-refractivity contribution is 5.60. The van der Waals surface area contributed by atoms with Crippen molar-refractivity contribution >= 4 is 5.69 Å². The summed E-state index contributed by atoms with van der Waals surface area (Å²) in [5.41, 5.74) is 9.35. The molecule has 0 aliphatic heterocycles. The van der Waals surface area contributed by atoms with Crippen molar-refractivity contribution in [3.05, 3.63) is 23.3 Å². The second kappa shape index (κ2) is 13.1. The average molecular weight is 334 g/mol. The van der Waals surface area contributed by atoms with Gasteiger partial charge in [0.1, 0.15) is 5.75 Å². The Hall–Kier alpha value is -1.18. The van der Waals surface area contributed by atoms with Gasteiger partial charge in [-0.1, -0.05) is 84.1 Å². The van der Waals surface area contributed by atoms with Gasteiger partial charge in [0.2, 0.25) is 0 Å². The summed E-state index contributed by atoms with van der Waals surface area (Å²) in [6, 6.07) is 3.86. The van der Waals surface area contributed by atoms with Gasteiger partial charge in [-0.3, -0.25) is 0 Å². The Balaban J connectivity index is 2.44. The van der Waals surface area contributed by atoms with Gasteiger partial charge in [0.25, 0.3) is 0 Å². The summed E-state index contributed by atoms with van der Waals surface area (Å²) >= 11 is 0. The number of phenolic OH excluding ortho intramolecular Hbond substituents is 1. The summed E-state index contributed by atoms with van der Waals surface area (Å²) in [7, 11) is 0. The van der Waals surface area contributed by atoms with E-state index >= 15 is 0 Å². The number of anilines is 1. The molecule has 0 saturated carbocycles. The highest BCUT2D eigenvalue weighted by atomic mass is 16.3. The molecule has 0 fully saturated rings. The molecule has 0 saturated heterocycles. The zero-order chi connectivity index (χ0) is 17.6. The van der Waals surface area contributed by atoms with E-state index in [2.05, 4.69) is 19.9 Å². The number of hydrogen-bond acceptors (Lipinski definition) is 2. The van der Waals surface area contributed by atoms with Gasteiger partial charge in [-0.15, -0.1) is 0 Å². The van der Waals surface area contributed by atoms with Crippen LogP contribution in [0, 0.1) is 0 Å². The molecule has 0 spiro atoms. The van der Waals surface area contributed by atoms with Crippen LogP contribution >= 0.6 is 0 Å². The molecule has 0 radical (unpaired) electrons. The topological polar surface area (TPSA) is 46.2 Å². The fourth-order valence-corrected chi connectivity index (χ4v) is 3.40. The number of nitrogens with two attached hydrogens (primary N) is 1. The van der Waals surface area contributed by atoms with E-state index in [4.69, 9.17) is 5.73 Å². The molecule has 2 nitrogen and oxygen atoms in total.